The maximum atomic E-state index is 12.9. The Morgan fingerprint density at radius 1 is 0.735 bits per heavy atom. The first kappa shape index (κ1) is 24.5. The van der Waals surface area contributed by atoms with Crippen LogP contribution in [0.5, 0.6) is 0 Å². The fourth-order valence-corrected chi connectivity index (χ4v) is 3.45. The maximum absolute atomic E-state index is 12.9. The molecule has 0 radical (unpaired) electrons. The highest BCUT2D eigenvalue weighted by Crippen LogP contribution is 2.20. The third-order valence-corrected chi connectivity index (χ3v) is 5.28. The number of carboxylic acid groups (broad SMARTS) is 2. The van der Waals surface area contributed by atoms with Crippen molar-refractivity contribution in [1.82, 2.24) is 10.2 Å². The van der Waals surface area contributed by atoms with Crippen molar-refractivity contribution in [2.75, 3.05) is 6.54 Å². The van der Waals surface area contributed by atoms with Gasteiger partial charge in [-0.3, -0.25) is 0 Å². The van der Waals surface area contributed by atoms with Gasteiger partial charge in [0.05, 0.1) is 6.54 Å². The lowest BCUT2D eigenvalue weighted by Gasteiger charge is -2.26. The number of aliphatic hydroxyl groups is 1. The van der Waals surface area contributed by atoms with E-state index in [4.69, 9.17) is 5.11 Å². The molecule has 2 atom stereocenters. The van der Waals surface area contributed by atoms with Crippen LogP contribution in [0, 0.1) is 0 Å². The molecule has 34 heavy (non-hydrogen) atoms. The molecule has 0 unspecified atom stereocenters. The number of benzene rings is 3. The van der Waals surface area contributed by atoms with E-state index in [2.05, 4.69) is 5.32 Å². The van der Waals surface area contributed by atoms with Gasteiger partial charge >= 0.3 is 18.0 Å². The lowest BCUT2D eigenvalue weighted by molar-refractivity contribution is -0.147. The van der Waals surface area contributed by atoms with Gasteiger partial charge < -0.3 is 25.5 Å². The van der Waals surface area contributed by atoms with E-state index in [1.807, 2.05) is 42.5 Å². The minimum atomic E-state index is -1.80. The van der Waals surface area contributed by atoms with Crippen LogP contribution in [0.1, 0.15) is 11.1 Å². The molecule has 0 aliphatic heterocycles. The summed E-state index contributed by atoms with van der Waals surface area (Å²) in [5.74, 6) is -2.70. The van der Waals surface area contributed by atoms with Gasteiger partial charge in [-0.1, -0.05) is 84.9 Å². The van der Waals surface area contributed by atoms with Crippen LogP contribution in [0.4, 0.5) is 4.79 Å². The summed E-state index contributed by atoms with van der Waals surface area (Å²) in [5.41, 5.74) is 3.44. The van der Waals surface area contributed by atoms with E-state index in [-0.39, 0.29) is 13.0 Å². The molecule has 8 nitrogen and oxygen atoms in total. The van der Waals surface area contributed by atoms with Crippen LogP contribution in [0.15, 0.2) is 84.9 Å². The predicted molar refractivity (Wildman–Crippen MR) is 126 cm³/mol. The molecule has 4 N–H and O–H groups in total. The van der Waals surface area contributed by atoms with Gasteiger partial charge in [-0.2, -0.15) is 0 Å². The average Bonchev–Trinajstić information content (AvgIpc) is 2.84. The number of nitrogens with zero attached hydrogens (tertiary/aromatic N) is 1. The topological polar surface area (TPSA) is 127 Å². The zero-order chi connectivity index (χ0) is 24.5. The van der Waals surface area contributed by atoms with E-state index in [1.165, 1.54) is 0 Å². The third kappa shape index (κ3) is 6.91. The first-order valence-corrected chi connectivity index (χ1v) is 10.7. The fourth-order valence-electron chi connectivity index (χ4n) is 3.45. The van der Waals surface area contributed by atoms with E-state index < -0.39 is 36.7 Å². The molecule has 2 amide bonds. The number of hydrogen-bond acceptors (Lipinski definition) is 4. The number of rotatable bonds is 10. The average molecular weight is 463 g/mol. The second kappa shape index (κ2) is 11.6. The molecule has 8 heteroatoms. The molecule has 3 aromatic rings. The first-order chi connectivity index (χ1) is 16.3. The molecule has 0 aliphatic rings. The maximum Gasteiger partial charge on any atom is 0.334 e. The standard InChI is InChI=1S/C26H26N2O6/c29-23(25(32)33)17-28(16-19-7-3-1-4-8-19)26(34)27-22(24(30)31)15-18-11-13-21(14-12-18)20-9-5-2-6-10-20/h1-14,22-23,29H,15-17H2,(H,27,34)(H,30,31)(H,32,33)/t22-,23-/m0/s1. The fraction of sp³-hybridized carbons (Fsp3) is 0.192. The van der Waals surface area contributed by atoms with Gasteiger partial charge in [0.25, 0.3) is 0 Å². The Balaban J connectivity index is 1.72. The zero-order valence-electron chi connectivity index (χ0n) is 18.4. The van der Waals surface area contributed by atoms with Crippen molar-refractivity contribution in [3.05, 3.63) is 96.1 Å². The second-order valence-electron chi connectivity index (χ2n) is 7.83. The van der Waals surface area contributed by atoms with Gasteiger partial charge in [0.1, 0.15) is 6.04 Å². The number of aliphatic hydroxyl groups excluding tert-OH is 1. The lowest BCUT2D eigenvalue weighted by Crippen LogP contribution is -2.51. The molecule has 0 bridgehead atoms. The molecule has 0 spiro atoms. The summed E-state index contributed by atoms with van der Waals surface area (Å²) < 4.78 is 0. The minimum absolute atomic E-state index is 0.00905. The molecule has 0 saturated carbocycles. The molecular formula is C26H26N2O6. The summed E-state index contributed by atoms with van der Waals surface area (Å²) in [5, 5.41) is 31.0. The van der Waals surface area contributed by atoms with Crippen LogP contribution in [0.2, 0.25) is 0 Å². The van der Waals surface area contributed by atoms with Crippen molar-refractivity contribution >= 4 is 18.0 Å². The molecule has 0 saturated heterocycles. The van der Waals surface area contributed by atoms with E-state index in [1.54, 1.807) is 42.5 Å². The molecule has 0 aliphatic carbocycles. The smallest absolute Gasteiger partial charge is 0.334 e. The molecule has 3 aromatic carbocycles. The van der Waals surface area contributed by atoms with E-state index in [0.717, 1.165) is 16.0 Å². The van der Waals surface area contributed by atoms with Crippen molar-refractivity contribution in [3.63, 3.8) is 0 Å². The van der Waals surface area contributed by atoms with Crippen molar-refractivity contribution in [3.8, 4) is 11.1 Å². The Hall–Kier alpha value is -4.17. The monoisotopic (exact) mass is 462 g/mol. The van der Waals surface area contributed by atoms with Gasteiger partial charge in [0.15, 0.2) is 6.10 Å². The van der Waals surface area contributed by atoms with Crippen LogP contribution in [0.3, 0.4) is 0 Å². The SMILES string of the molecule is O=C(O)[C@H](Cc1ccc(-c2ccccc2)cc1)NC(=O)N(Cc1ccccc1)C[C@H](O)C(=O)O. The van der Waals surface area contributed by atoms with Crippen molar-refractivity contribution in [1.29, 1.82) is 0 Å². The van der Waals surface area contributed by atoms with Gasteiger partial charge in [-0.05, 0) is 22.3 Å². The Morgan fingerprint density at radius 3 is 1.85 bits per heavy atom. The number of carboxylic acids is 2. The molecular weight excluding hydrogens is 436 g/mol. The van der Waals surface area contributed by atoms with Crippen molar-refractivity contribution in [2.45, 2.75) is 25.1 Å². The van der Waals surface area contributed by atoms with Crippen LogP contribution in [-0.4, -0.2) is 56.9 Å². The highest BCUT2D eigenvalue weighted by molar-refractivity contribution is 5.83. The minimum Gasteiger partial charge on any atom is -0.480 e. The number of urea groups is 1. The number of carbonyl (C=O) groups is 3. The number of hydrogen-bond donors (Lipinski definition) is 4. The number of carbonyl (C=O) groups excluding carboxylic acids is 1. The van der Waals surface area contributed by atoms with Gasteiger partial charge in [-0.15, -0.1) is 0 Å². The van der Waals surface area contributed by atoms with E-state index in [9.17, 15) is 24.6 Å². The van der Waals surface area contributed by atoms with E-state index in [0.29, 0.717) is 11.1 Å². The Labute approximate surface area is 197 Å². The first-order valence-electron chi connectivity index (χ1n) is 10.7. The quantitative estimate of drug-likeness (QED) is 0.367. The third-order valence-electron chi connectivity index (χ3n) is 5.28. The van der Waals surface area contributed by atoms with Crippen molar-refractivity contribution < 1.29 is 29.7 Å². The van der Waals surface area contributed by atoms with Crippen LogP contribution >= 0.6 is 0 Å². The summed E-state index contributed by atoms with van der Waals surface area (Å²) in [6, 6.07) is 23.9. The molecule has 0 heterocycles. The summed E-state index contributed by atoms with van der Waals surface area (Å²) in [6.45, 7) is -0.483. The van der Waals surface area contributed by atoms with Crippen LogP contribution in [-0.2, 0) is 22.6 Å². The largest absolute Gasteiger partial charge is 0.480 e. The molecule has 176 valence electrons. The Kier molecular flexibility index (Phi) is 8.37. The van der Waals surface area contributed by atoms with Gasteiger partial charge in [-0.25, -0.2) is 14.4 Å². The Morgan fingerprint density at radius 2 is 1.29 bits per heavy atom. The second-order valence-corrected chi connectivity index (χ2v) is 7.83. The highest BCUT2D eigenvalue weighted by Gasteiger charge is 2.27. The van der Waals surface area contributed by atoms with Crippen LogP contribution < -0.4 is 5.32 Å². The molecule has 3 rings (SSSR count). The van der Waals surface area contributed by atoms with E-state index >= 15 is 0 Å². The Bertz CT molecular complexity index is 1100. The van der Waals surface area contributed by atoms with Crippen LogP contribution in [0.25, 0.3) is 11.1 Å². The summed E-state index contributed by atoms with van der Waals surface area (Å²) in [6.07, 6.45) is -1.76. The molecule has 0 fully saturated rings. The normalized spacial score (nSPS) is 12.4. The van der Waals surface area contributed by atoms with Crippen molar-refractivity contribution in [2.24, 2.45) is 0 Å². The summed E-state index contributed by atoms with van der Waals surface area (Å²) in [4.78, 5) is 37.0. The summed E-state index contributed by atoms with van der Waals surface area (Å²) >= 11 is 0. The predicted octanol–water partition coefficient (Wildman–Crippen LogP) is 3.01. The number of aliphatic carboxylic acids is 2. The number of amides is 2. The summed E-state index contributed by atoms with van der Waals surface area (Å²) in [7, 11) is 0. The van der Waals surface area contributed by atoms with Gasteiger partial charge in [0, 0.05) is 13.0 Å². The van der Waals surface area contributed by atoms with Gasteiger partial charge in [0.2, 0.25) is 0 Å². The zero-order valence-corrected chi connectivity index (χ0v) is 18.4. The lowest BCUT2D eigenvalue weighted by atomic mass is 10.0. The number of nitrogens with one attached hydrogen (secondary N) is 1. The highest BCUT2D eigenvalue weighted by atomic mass is 16.4. The molecule has 0 aromatic heterocycles.